The summed E-state index contributed by atoms with van der Waals surface area (Å²) in [5.41, 5.74) is 0.603. The normalized spacial score (nSPS) is 10.2. The van der Waals surface area contributed by atoms with Crippen LogP contribution >= 0.6 is 0 Å². The lowest BCUT2D eigenvalue weighted by atomic mass is 10.3. The van der Waals surface area contributed by atoms with Crippen molar-refractivity contribution in [3.05, 3.63) is 52.7 Å². The van der Waals surface area contributed by atoms with Crippen molar-refractivity contribution in [1.29, 1.82) is 0 Å². The number of carbonyl (C=O) groups excluding carboxylic acids is 1. The average molecular weight is 272 g/mol. The van der Waals surface area contributed by atoms with Gasteiger partial charge in [0.05, 0.1) is 11.9 Å². The Labute approximate surface area is 116 Å². The molecule has 0 fully saturated rings. The summed E-state index contributed by atoms with van der Waals surface area (Å²) in [7, 11) is 0. The Bertz CT molecular complexity index is 637. The van der Waals surface area contributed by atoms with Gasteiger partial charge in [-0.15, -0.1) is 0 Å². The summed E-state index contributed by atoms with van der Waals surface area (Å²) in [6.45, 7) is 2.55. The summed E-state index contributed by atoms with van der Waals surface area (Å²) in [6, 6.07) is 6.25. The number of unbranched alkanes of at least 4 members (excludes halogenated alkanes) is 1. The van der Waals surface area contributed by atoms with E-state index < -0.39 is 0 Å². The van der Waals surface area contributed by atoms with Gasteiger partial charge in [0.1, 0.15) is 5.69 Å². The highest BCUT2D eigenvalue weighted by Gasteiger charge is 2.09. The number of hydrogen-bond donors (Lipinski definition) is 1. The van der Waals surface area contributed by atoms with Gasteiger partial charge in [-0.1, -0.05) is 13.3 Å². The molecule has 0 aliphatic rings. The summed E-state index contributed by atoms with van der Waals surface area (Å²) in [5, 5.41) is 6.76. The SMILES string of the molecule is CCCCn1nc(C(=O)Nc2cccnc2)ccc1=O. The highest BCUT2D eigenvalue weighted by Crippen LogP contribution is 2.05. The molecule has 1 amide bonds. The van der Waals surface area contributed by atoms with Crippen LogP contribution in [0.15, 0.2) is 41.5 Å². The number of carbonyl (C=O) groups is 1. The van der Waals surface area contributed by atoms with Gasteiger partial charge in [-0.25, -0.2) is 4.68 Å². The zero-order chi connectivity index (χ0) is 14.4. The molecule has 0 atom stereocenters. The van der Waals surface area contributed by atoms with Gasteiger partial charge < -0.3 is 5.32 Å². The van der Waals surface area contributed by atoms with Crippen LogP contribution in [0.3, 0.4) is 0 Å². The summed E-state index contributed by atoms with van der Waals surface area (Å²) in [4.78, 5) is 27.6. The molecular weight excluding hydrogens is 256 g/mol. The van der Waals surface area contributed by atoms with Crippen LogP contribution in [0, 0.1) is 0 Å². The summed E-state index contributed by atoms with van der Waals surface area (Å²) >= 11 is 0. The van der Waals surface area contributed by atoms with Crippen molar-refractivity contribution in [2.45, 2.75) is 26.3 Å². The van der Waals surface area contributed by atoms with Crippen molar-refractivity contribution >= 4 is 11.6 Å². The molecule has 0 aliphatic heterocycles. The van der Waals surface area contributed by atoms with E-state index in [1.165, 1.54) is 16.8 Å². The molecule has 0 saturated carbocycles. The minimum atomic E-state index is -0.358. The van der Waals surface area contributed by atoms with Gasteiger partial charge >= 0.3 is 0 Å². The van der Waals surface area contributed by atoms with Crippen LogP contribution in [0.5, 0.6) is 0 Å². The molecule has 6 heteroatoms. The topological polar surface area (TPSA) is 76.9 Å². The van der Waals surface area contributed by atoms with E-state index in [1.54, 1.807) is 24.5 Å². The van der Waals surface area contributed by atoms with Crippen LogP contribution in [0.4, 0.5) is 5.69 Å². The zero-order valence-corrected chi connectivity index (χ0v) is 11.2. The minimum Gasteiger partial charge on any atom is -0.319 e. The lowest BCUT2D eigenvalue weighted by Gasteiger charge is -2.07. The molecule has 0 saturated heterocycles. The van der Waals surface area contributed by atoms with E-state index in [4.69, 9.17) is 0 Å². The number of amides is 1. The van der Waals surface area contributed by atoms with Gasteiger partial charge in [0.15, 0.2) is 0 Å². The lowest BCUT2D eigenvalue weighted by Crippen LogP contribution is -2.26. The Hall–Kier alpha value is -2.50. The molecule has 20 heavy (non-hydrogen) atoms. The molecular formula is C14H16N4O2. The van der Waals surface area contributed by atoms with Gasteiger partial charge in [0.2, 0.25) is 0 Å². The summed E-state index contributed by atoms with van der Waals surface area (Å²) in [5.74, 6) is -0.358. The molecule has 1 N–H and O–H groups in total. The Balaban J connectivity index is 2.16. The van der Waals surface area contributed by atoms with E-state index in [9.17, 15) is 9.59 Å². The number of hydrogen-bond acceptors (Lipinski definition) is 4. The number of aryl methyl sites for hydroxylation is 1. The predicted octanol–water partition coefficient (Wildman–Crippen LogP) is 1.69. The Morgan fingerprint density at radius 1 is 1.35 bits per heavy atom. The third kappa shape index (κ3) is 3.50. The number of aromatic nitrogens is 3. The molecule has 6 nitrogen and oxygen atoms in total. The third-order valence-corrected chi connectivity index (χ3v) is 2.74. The maximum atomic E-state index is 12.0. The molecule has 2 heterocycles. The predicted molar refractivity (Wildman–Crippen MR) is 75.6 cm³/mol. The van der Waals surface area contributed by atoms with Crippen LogP contribution in [0.1, 0.15) is 30.3 Å². The van der Waals surface area contributed by atoms with Gasteiger partial charge in [0, 0.05) is 18.8 Å². The quantitative estimate of drug-likeness (QED) is 0.898. The largest absolute Gasteiger partial charge is 0.319 e. The second kappa shape index (κ2) is 6.60. The van der Waals surface area contributed by atoms with Gasteiger partial charge in [-0.2, -0.15) is 5.10 Å². The van der Waals surface area contributed by atoms with Crippen molar-refractivity contribution in [3.8, 4) is 0 Å². The number of nitrogens with one attached hydrogen (secondary N) is 1. The standard InChI is InChI=1S/C14H16N4O2/c1-2-3-9-18-13(19)7-6-12(17-18)14(20)16-11-5-4-8-15-10-11/h4-8,10H,2-3,9H2,1H3,(H,16,20). The van der Waals surface area contributed by atoms with Crippen molar-refractivity contribution in [2.75, 3.05) is 5.32 Å². The first-order valence-corrected chi connectivity index (χ1v) is 6.50. The van der Waals surface area contributed by atoms with E-state index in [-0.39, 0.29) is 17.2 Å². The molecule has 2 aromatic rings. The van der Waals surface area contributed by atoms with Gasteiger partial charge in [-0.3, -0.25) is 14.6 Å². The molecule has 0 bridgehead atoms. The van der Waals surface area contributed by atoms with Crippen LogP contribution in [-0.2, 0) is 6.54 Å². The second-order valence-corrected chi connectivity index (χ2v) is 4.33. The first kappa shape index (κ1) is 13.9. The minimum absolute atomic E-state index is 0.198. The molecule has 0 aliphatic carbocycles. The van der Waals surface area contributed by atoms with Crippen molar-refractivity contribution < 1.29 is 4.79 Å². The molecule has 2 aromatic heterocycles. The lowest BCUT2D eigenvalue weighted by molar-refractivity contribution is 0.101. The highest BCUT2D eigenvalue weighted by molar-refractivity contribution is 6.02. The smallest absolute Gasteiger partial charge is 0.276 e. The number of anilines is 1. The number of nitrogens with zero attached hydrogens (tertiary/aromatic N) is 3. The average Bonchev–Trinajstić information content (AvgIpc) is 2.47. The fraction of sp³-hybridized carbons (Fsp3) is 0.286. The zero-order valence-electron chi connectivity index (χ0n) is 11.2. The van der Waals surface area contributed by atoms with E-state index >= 15 is 0 Å². The van der Waals surface area contributed by atoms with E-state index in [0.29, 0.717) is 12.2 Å². The van der Waals surface area contributed by atoms with E-state index in [1.807, 2.05) is 6.92 Å². The fourth-order valence-electron chi connectivity index (χ4n) is 1.67. The summed E-state index contributed by atoms with van der Waals surface area (Å²) in [6.07, 6.45) is 4.98. The Kier molecular flexibility index (Phi) is 4.60. The van der Waals surface area contributed by atoms with Crippen LogP contribution in [-0.4, -0.2) is 20.7 Å². The maximum Gasteiger partial charge on any atom is 0.276 e. The van der Waals surface area contributed by atoms with E-state index in [0.717, 1.165) is 12.8 Å². The number of rotatable bonds is 5. The van der Waals surface area contributed by atoms with Crippen molar-refractivity contribution in [2.24, 2.45) is 0 Å². The molecule has 0 aromatic carbocycles. The van der Waals surface area contributed by atoms with Gasteiger partial charge in [-0.05, 0) is 24.6 Å². The molecule has 2 rings (SSSR count). The van der Waals surface area contributed by atoms with Crippen molar-refractivity contribution in [3.63, 3.8) is 0 Å². The van der Waals surface area contributed by atoms with Crippen LogP contribution in [0.2, 0.25) is 0 Å². The fourth-order valence-corrected chi connectivity index (χ4v) is 1.67. The Morgan fingerprint density at radius 3 is 2.90 bits per heavy atom. The Morgan fingerprint density at radius 2 is 2.20 bits per heavy atom. The molecule has 0 radical (unpaired) electrons. The molecule has 104 valence electrons. The maximum absolute atomic E-state index is 12.0. The van der Waals surface area contributed by atoms with Crippen molar-refractivity contribution in [1.82, 2.24) is 14.8 Å². The third-order valence-electron chi connectivity index (χ3n) is 2.74. The highest BCUT2D eigenvalue weighted by atomic mass is 16.2. The van der Waals surface area contributed by atoms with Crippen LogP contribution in [0.25, 0.3) is 0 Å². The van der Waals surface area contributed by atoms with Gasteiger partial charge in [0.25, 0.3) is 11.5 Å². The monoisotopic (exact) mass is 272 g/mol. The molecule has 0 unspecified atom stereocenters. The molecule has 0 spiro atoms. The summed E-state index contributed by atoms with van der Waals surface area (Å²) < 4.78 is 1.32. The van der Waals surface area contributed by atoms with Crippen LogP contribution < -0.4 is 10.9 Å². The van der Waals surface area contributed by atoms with E-state index in [2.05, 4.69) is 15.4 Å². The number of pyridine rings is 1. The first-order valence-electron chi connectivity index (χ1n) is 6.50. The second-order valence-electron chi connectivity index (χ2n) is 4.33. The first-order chi connectivity index (χ1) is 9.70.